The molecular formula is C42H62N2O10. The van der Waals surface area contributed by atoms with Gasteiger partial charge in [0.25, 0.3) is 0 Å². The first-order valence-electron chi connectivity index (χ1n) is 20.4. The highest BCUT2D eigenvalue weighted by Gasteiger charge is 2.60. The molecular weight excluding hydrogens is 692 g/mol. The molecule has 2 aliphatic heterocycles. The Bertz CT molecular complexity index is 1330. The van der Waals surface area contributed by atoms with E-state index in [0.717, 1.165) is 58.0 Å². The number of likely N-dealkylation sites (tertiary alicyclic amines) is 2. The number of allylic oxidation sites excluding steroid dienone is 4. The number of amides is 4. The molecule has 2 saturated heterocycles. The SMILES string of the molecule is C=COCCCC.CCCCOC(C)OC(=O)CCCCCN1C(=O)C2C3C=CC(C3)C2C1=O.O=C(O)CCCCCN1C(=O)C2C3C=CC(C3)C2C1=O. The first kappa shape index (κ1) is 42.9. The Balaban J connectivity index is 0.000000211. The van der Waals surface area contributed by atoms with Crippen molar-refractivity contribution < 1.29 is 48.1 Å². The smallest absolute Gasteiger partial charge is 0.308 e. The number of aliphatic carboxylic acids is 1. The molecule has 12 nitrogen and oxygen atoms in total. The van der Waals surface area contributed by atoms with Crippen LogP contribution in [0.5, 0.6) is 0 Å². The van der Waals surface area contributed by atoms with E-state index in [4.69, 9.17) is 19.3 Å². The van der Waals surface area contributed by atoms with Crippen molar-refractivity contribution in [2.24, 2.45) is 47.3 Å². The molecule has 0 aromatic rings. The van der Waals surface area contributed by atoms with E-state index in [1.165, 1.54) is 22.5 Å². The number of esters is 1. The third kappa shape index (κ3) is 10.9. The highest BCUT2D eigenvalue weighted by molar-refractivity contribution is 6.07. The Morgan fingerprint density at radius 2 is 1.13 bits per heavy atom. The Morgan fingerprint density at radius 3 is 1.54 bits per heavy atom. The number of carboxylic acids is 1. The number of carbonyl (C=O) groups excluding carboxylic acids is 5. The number of ether oxygens (including phenoxy) is 3. The Hall–Kier alpha value is -3.80. The van der Waals surface area contributed by atoms with Crippen LogP contribution < -0.4 is 0 Å². The van der Waals surface area contributed by atoms with Gasteiger partial charge in [-0.05, 0) is 82.0 Å². The monoisotopic (exact) mass is 754 g/mol. The number of unbranched alkanes of at least 4 members (excludes halogenated alkanes) is 6. The Morgan fingerprint density at radius 1 is 0.704 bits per heavy atom. The molecule has 2 saturated carbocycles. The molecule has 0 radical (unpaired) electrons. The van der Waals surface area contributed by atoms with Crippen molar-refractivity contribution in [1.82, 2.24) is 9.80 Å². The molecule has 12 heteroatoms. The molecule has 9 unspecified atom stereocenters. The Labute approximate surface area is 320 Å². The number of carbonyl (C=O) groups is 6. The average molecular weight is 755 g/mol. The molecule has 6 rings (SSSR count). The van der Waals surface area contributed by atoms with E-state index in [1.54, 1.807) is 6.92 Å². The van der Waals surface area contributed by atoms with Crippen LogP contribution >= 0.6 is 0 Å². The number of hydrogen-bond donors (Lipinski definition) is 1. The molecule has 0 spiro atoms. The summed E-state index contributed by atoms with van der Waals surface area (Å²) >= 11 is 0. The minimum Gasteiger partial charge on any atom is -0.502 e. The van der Waals surface area contributed by atoms with Crippen LogP contribution in [0.2, 0.25) is 0 Å². The van der Waals surface area contributed by atoms with Crippen LogP contribution in [0.25, 0.3) is 0 Å². The molecule has 4 fully saturated rings. The molecule has 300 valence electrons. The molecule has 1 N–H and O–H groups in total. The van der Waals surface area contributed by atoms with Crippen LogP contribution in [0.1, 0.15) is 111 Å². The molecule has 4 amide bonds. The molecule has 0 aromatic heterocycles. The van der Waals surface area contributed by atoms with E-state index in [2.05, 4.69) is 44.7 Å². The van der Waals surface area contributed by atoms with Gasteiger partial charge in [0, 0.05) is 25.9 Å². The van der Waals surface area contributed by atoms with Crippen molar-refractivity contribution in [3.63, 3.8) is 0 Å². The van der Waals surface area contributed by atoms with Gasteiger partial charge in [0.15, 0.2) is 6.29 Å². The maximum Gasteiger partial charge on any atom is 0.308 e. The second-order valence-corrected chi connectivity index (χ2v) is 15.3. The van der Waals surface area contributed by atoms with Gasteiger partial charge in [0.05, 0.1) is 43.1 Å². The third-order valence-electron chi connectivity index (χ3n) is 11.5. The van der Waals surface area contributed by atoms with Crippen LogP contribution in [0.15, 0.2) is 37.1 Å². The second kappa shape index (κ2) is 21.3. The van der Waals surface area contributed by atoms with Gasteiger partial charge >= 0.3 is 11.9 Å². The van der Waals surface area contributed by atoms with E-state index in [0.29, 0.717) is 45.4 Å². The van der Waals surface area contributed by atoms with Gasteiger partial charge in [0.1, 0.15) is 0 Å². The van der Waals surface area contributed by atoms with Crippen molar-refractivity contribution in [1.29, 1.82) is 0 Å². The molecule has 0 aromatic carbocycles. The fourth-order valence-electron chi connectivity index (χ4n) is 8.79. The Kier molecular flexibility index (Phi) is 17.0. The van der Waals surface area contributed by atoms with Crippen LogP contribution in [0, 0.1) is 47.3 Å². The molecule has 54 heavy (non-hydrogen) atoms. The minimum atomic E-state index is -0.796. The van der Waals surface area contributed by atoms with Crippen LogP contribution in [0.4, 0.5) is 0 Å². The molecule has 4 aliphatic carbocycles. The number of rotatable bonds is 21. The maximum atomic E-state index is 12.6. The van der Waals surface area contributed by atoms with Gasteiger partial charge in [-0.2, -0.15) is 0 Å². The first-order valence-corrected chi connectivity index (χ1v) is 20.4. The summed E-state index contributed by atoms with van der Waals surface area (Å²) in [6.07, 6.45) is 20.4. The number of carboxylic acid groups (broad SMARTS) is 1. The lowest BCUT2D eigenvalue weighted by atomic mass is 9.85. The van der Waals surface area contributed by atoms with Crippen LogP contribution in [-0.2, 0) is 43.0 Å². The van der Waals surface area contributed by atoms with E-state index in [9.17, 15) is 28.8 Å². The van der Waals surface area contributed by atoms with Crippen molar-refractivity contribution >= 4 is 35.6 Å². The second-order valence-electron chi connectivity index (χ2n) is 15.3. The fraction of sp³-hybridized carbons (Fsp3) is 0.714. The van der Waals surface area contributed by atoms with Gasteiger partial charge < -0.3 is 19.3 Å². The lowest BCUT2D eigenvalue weighted by molar-refractivity contribution is -0.175. The summed E-state index contributed by atoms with van der Waals surface area (Å²) in [6, 6.07) is 0. The van der Waals surface area contributed by atoms with Crippen molar-refractivity contribution in [2.45, 2.75) is 117 Å². The number of hydrogen-bond acceptors (Lipinski definition) is 9. The van der Waals surface area contributed by atoms with Crippen LogP contribution in [-0.4, -0.2) is 83.1 Å². The summed E-state index contributed by atoms with van der Waals surface area (Å²) in [5.41, 5.74) is 0. The van der Waals surface area contributed by atoms with Crippen molar-refractivity contribution in [3.05, 3.63) is 37.1 Å². The van der Waals surface area contributed by atoms with Crippen molar-refractivity contribution in [2.75, 3.05) is 26.3 Å². The van der Waals surface area contributed by atoms with Crippen molar-refractivity contribution in [3.8, 4) is 0 Å². The quantitative estimate of drug-likeness (QED) is 0.0345. The summed E-state index contributed by atoms with van der Waals surface area (Å²) < 4.78 is 15.4. The first-order chi connectivity index (χ1) is 26.0. The zero-order valence-electron chi connectivity index (χ0n) is 32.5. The van der Waals surface area contributed by atoms with E-state index < -0.39 is 12.3 Å². The van der Waals surface area contributed by atoms with Gasteiger partial charge in [-0.1, -0.05) is 70.4 Å². The van der Waals surface area contributed by atoms with Gasteiger partial charge in [-0.15, -0.1) is 0 Å². The topological polar surface area (TPSA) is 157 Å². The molecule has 6 aliphatic rings. The van der Waals surface area contributed by atoms with Gasteiger partial charge in [-0.3, -0.25) is 38.6 Å². The van der Waals surface area contributed by atoms with E-state index >= 15 is 0 Å². The highest BCUT2D eigenvalue weighted by atomic mass is 16.7. The van der Waals surface area contributed by atoms with Crippen LogP contribution in [0.3, 0.4) is 0 Å². The normalized spacial score (nSPS) is 28.4. The molecule has 2 heterocycles. The predicted octanol–water partition coefficient (Wildman–Crippen LogP) is 6.44. The third-order valence-corrected chi connectivity index (χ3v) is 11.5. The minimum absolute atomic E-state index is 0.00455. The lowest BCUT2D eigenvalue weighted by Crippen LogP contribution is -2.33. The van der Waals surface area contributed by atoms with E-state index in [1.807, 2.05) is 0 Å². The predicted molar refractivity (Wildman–Crippen MR) is 201 cm³/mol. The standard InChI is InChI=1S/C21H31NO5.C15H19NO4.C6H12O/c1-3-4-12-26-14(2)27-17(23)8-6-5-7-11-22-20(24)18-15-9-10-16(13-15)19(18)21(22)25;17-11(18)4-2-1-3-7-16-14(19)12-9-5-6-10(8-9)13(12)15(16)20;1-3-5-6-7-4-2/h9-10,14-16,18-19H,3-8,11-13H2,1-2H3;5-6,9-10,12-13H,1-4,7-8H2,(H,17,18);4H,2-3,5-6H2,1H3. The largest absolute Gasteiger partial charge is 0.502 e. The molecule has 4 bridgehead atoms. The number of imide groups is 2. The zero-order chi connectivity index (χ0) is 39.2. The van der Waals surface area contributed by atoms with Gasteiger partial charge in [-0.25, -0.2) is 0 Å². The number of fused-ring (bicyclic) bond motifs is 10. The summed E-state index contributed by atoms with van der Waals surface area (Å²) in [4.78, 5) is 74.9. The summed E-state index contributed by atoms with van der Waals surface area (Å²) in [6.45, 7) is 11.7. The summed E-state index contributed by atoms with van der Waals surface area (Å²) in [5, 5.41) is 8.56. The lowest BCUT2D eigenvalue weighted by Gasteiger charge is -2.17. The molecule has 9 atom stereocenters. The van der Waals surface area contributed by atoms with E-state index in [-0.39, 0.29) is 83.4 Å². The number of nitrogens with zero attached hydrogens (tertiary/aromatic N) is 2. The fourth-order valence-corrected chi connectivity index (χ4v) is 8.79. The zero-order valence-corrected chi connectivity index (χ0v) is 32.5. The highest BCUT2D eigenvalue weighted by Crippen LogP contribution is 2.53. The maximum absolute atomic E-state index is 12.6. The average Bonchev–Trinajstić information content (AvgIpc) is 4.00. The summed E-state index contributed by atoms with van der Waals surface area (Å²) in [5.74, 6) is -0.447. The van der Waals surface area contributed by atoms with Gasteiger partial charge in [0.2, 0.25) is 23.6 Å². The summed E-state index contributed by atoms with van der Waals surface area (Å²) in [7, 11) is 0.